The molecule has 0 spiro atoms. The normalized spacial score (nSPS) is 16.3. The van der Waals surface area contributed by atoms with Gasteiger partial charge in [-0.2, -0.15) is 0 Å². The number of nitrogens with zero attached hydrogens (tertiary/aromatic N) is 1. The zero-order valence-corrected chi connectivity index (χ0v) is 13.1. The smallest absolute Gasteiger partial charge is 0.222 e. The van der Waals surface area contributed by atoms with E-state index in [9.17, 15) is 9.90 Å². The van der Waals surface area contributed by atoms with Crippen molar-refractivity contribution < 1.29 is 14.6 Å². The maximum absolute atomic E-state index is 11.6. The van der Waals surface area contributed by atoms with E-state index in [0.29, 0.717) is 35.8 Å². The Morgan fingerprint density at radius 3 is 2.90 bits per heavy atom. The molecule has 1 amide bonds. The Balaban J connectivity index is 1.93. The topological polar surface area (TPSA) is 61.8 Å². The van der Waals surface area contributed by atoms with Crippen LogP contribution in [0.2, 0.25) is 5.02 Å². The second-order valence-corrected chi connectivity index (χ2v) is 5.78. The first-order chi connectivity index (χ1) is 10.0. The highest BCUT2D eigenvalue weighted by atomic mass is 35.5. The first-order valence-corrected chi connectivity index (χ1v) is 7.45. The summed E-state index contributed by atoms with van der Waals surface area (Å²) < 4.78 is 5.08. The Morgan fingerprint density at radius 1 is 1.52 bits per heavy atom. The number of rotatable bonds is 6. The third kappa shape index (κ3) is 4.02. The zero-order valence-electron chi connectivity index (χ0n) is 12.4. The van der Waals surface area contributed by atoms with Crippen LogP contribution in [0.5, 0.6) is 11.5 Å². The number of carbonyl (C=O) groups excluding carboxylic acids is 1. The van der Waals surface area contributed by atoms with Crippen LogP contribution in [0.4, 0.5) is 0 Å². The predicted octanol–water partition coefficient (Wildman–Crippen LogP) is 2.15. The zero-order chi connectivity index (χ0) is 15.4. The summed E-state index contributed by atoms with van der Waals surface area (Å²) in [7, 11) is 1.49. The van der Waals surface area contributed by atoms with Crippen LogP contribution in [0.25, 0.3) is 0 Å². The fourth-order valence-electron chi connectivity index (χ4n) is 2.50. The van der Waals surface area contributed by atoms with Crippen molar-refractivity contribution in [2.75, 3.05) is 20.2 Å². The summed E-state index contributed by atoms with van der Waals surface area (Å²) >= 11 is 6.00. The molecule has 1 saturated heterocycles. The highest BCUT2D eigenvalue weighted by Crippen LogP contribution is 2.33. The van der Waals surface area contributed by atoms with Crippen molar-refractivity contribution in [2.45, 2.75) is 32.4 Å². The molecule has 1 unspecified atom stereocenters. The monoisotopic (exact) mass is 312 g/mol. The Morgan fingerprint density at radius 2 is 2.29 bits per heavy atom. The van der Waals surface area contributed by atoms with Crippen LogP contribution >= 0.6 is 11.6 Å². The molecule has 21 heavy (non-hydrogen) atoms. The van der Waals surface area contributed by atoms with E-state index in [1.807, 2.05) is 11.8 Å². The molecule has 2 N–H and O–H groups in total. The molecule has 2 rings (SSSR count). The molecule has 1 aliphatic rings. The minimum atomic E-state index is 0.0962. The lowest BCUT2D eigenvalue weighted by Crippen LogP contribution is -2.39. The third-order valence-electron chi connectivity index (χ3n) is 3.65. The Bertz CT molecular complexity index is 522. The molecule has 6 heteroatoms. The standard InChI is InChI=1S/C15H21ClN2O3/c1-10(9-18-5-3-4-14(18)19)17-8-11-6-12(16)7-13(21-2)15(11)20/h6-7,10,17,20H,3-5,8-9H2,1-2H3. The second-order valence-electron chi connectivity index (χ2n) is 5.34. The van der Waals surface area contributed by atoms with Gasteiger partial charge in [-0.3, -0.25) is 4.79 Å². The van der Waals surface area contributed by atoms with Crippen LogP contribution in [0, 0.1) is 0 Å². The molecule has 0 aromatic heterocycles. The van der Waals surface area contributed by atoms with Gasteiger partial charge < -0.3 is 20.1 Å². The lowest BCUT2D eigenvalue weighted by Gasteiger charge is -2.22. The van der Waals surface area contributed by atoms with Crippen molar-refractivity contribution in [3.05, 3.63) is 22.7 Å². The third-order valence-corrected chi connectivity index (χ3v) is 3.86. The number of phenolic OH excluding ortho intramolecular Hbond substituents is 1. The number of ether oxygens (including phenoxy) is 1. The summed E-state index contributed by atoms with van der Waals surface area (Å²) in [6.07, 6.45) is 1.59. The van der Waals surface area contributed by atoms with Crippen LogP contribution in [0.15, 0.2) is 12.1 Å². The quantitative estimate of drug-likeness (QED) is 0.845. The molecule has 1 atom stereocenters. The first-order valence-electron chi connectivity index (χ1n) is 7.07. The first kappa shape index (κ1) is 15.9. The average Bonchev–Trinajstić information content (AvgIpc) is 2.84. The van der Waals surface area contributed by atoms with E-state index in [4.69, 9.17) is 16.3 Å². The van der Waals surface area contributed by atoms with Gasteiger partial charge in [-0.05, 0) is 19.4 Å². The summed E-state index contributed by atoms with van der Waals surface area (Å²) in [6, 6.07) is 3.42. The molecule has 1 aliphatic heterocycles. The molecule has 0 bridgehead atoms. The minimum Gasteiger partial charge on any atom is -0.504 e. The Kier molecular flexibility index (Phi) is 5.31. The summed E-state index contributed by atoms with van der Waals surface area (Å²) in [6.45, 7) is 3.99. The van der Waals surface area contributed by atoms with E-state index in [2.05, 4.69) is 5.32 Å². The number of likely N-dealkylation sites (tertiary alicyclic amines) is 1. The summed E-state index contributed by atoms with van der Waals surface area (Å²) in [4.78, 5) is 13.5. The number of hydrogen-bond donors (Lipinski definition) is 2. The molecule has 1 fully saturated rings. The molecule has 0 aliphatic carbocycles. The molecule has 0 saturated carbocycles. The summed E-state index contributed by atoms with van der Waals surface area (Å²) in [5.74, 6) is 0.677. The Labute approximate surface area is 129 Å². The van der Waals surface area contributed by atoms with E-state index in [0.717, 1.165) is 13.0 Å². The van der Waals surface area contributed by atoms with Crippen molar-refractivity contribution in [3.8, 4) is 11.5 Å². The summed E-state index contributed by atoms with van der Waals surface area (Å²) in [5, 5.41) is 13.9. The number of carbonyl (C=O) groups is 1. The van der Waals surface area contributed by atoms with Gasteiger partial charge in [0, 0.05) is 48.7 Å². The number of benzene rings is 1. The van der Waals surface area contributed by atoms with E-state index in [-0.39, 0.29) is 17.7 Å². The van der Waals surface area contributed by atoms with Gasteiger partial charge in [0.2, 0.25) is 5.91 Å². The number of methoxy groups -OCH3 is 1. The van der Waals surface area contributed by atoms with Crippen LogP contribution in [-0.2, 0) is 11.3 Å². The van der Waals surface area contributed by atoms with Crippen molar-refractivity contribution in [2.24, 2.45) is 0 Å². The summed E-state index contributed by atoms with van der Waals surface area (Å²) in [5.41, 5.74) is 0.680. The molecule has 116 valence electrons. The van der Waals surface area contributed by atoms with E-state index in [1.165, 1.54) is 7.11 Å². The highest BCUT2D eigenvalue weighted by Gasteiger charge is 2.21. The minimum absolute atomic E-state index is 0.0962. The molecular formula is C15H21ClN2O3. The van der Waals surface area contributed by atoms with Crippen LogP contribution < -0.4 is 10.1 Å². The van der Waals surface area contributed by atoms with Gasteiger partial charge in [-0.25, -0.2) is 0 Å². The van der Waals surface area contributed by atoms with Gasteiger partial charge >= 0.3 is 0 Å². The fourth-order valence-corrected chi connectivity index (χ4v) is 2.73. The molecular weight excluding hydrogens is 292 g/mol. The van der Waals surface area contributed by atoms with Gasteiger partial charge in [0.1, 0.15) is 0 Å². The lowest BCUT2D eigenvalue weighted by molar-refractivity contribution is -0.127. The fraction of sp³-hybridized carbons (Fsp3) is 0.533. The average molecular weight is 313 g/mol. The van der Waals surface area contributed by atoms with Crippen molar-refractivity contribution in [1.82, 2.24) is 10.2 Å². The number of phenols is 1. The van der Waals surface area contributed by atoms with Crippen molar-refractivity contribution in [1.29, 1.82) is 0 Å². The number of nitrogens with one attached hydrogen (secondary N) is 1. The maximum atomic E-state index is 11.6. The predicted molar refractivity (Wildman–Crippen MR) is 81.8 cm³/mol. The van der Waals surface area contributed by atoms with Crippen LogP contribution in [-0.4, -0.2) is 42.2 Å². The number of amides is 1. The van der Waals surface area contributed by atoms with Crippen LogP contribution in [0.3, 0.4) is 0 Å². The molecule has 1 aromatic carbocycles. The number of halogens is 1. The largest absolute Gasteiger partial charge is 0.504 e. The van der Waals surface area contributed by atoms with E-state index in [1.54, 1.807) is 12.1 Å². The Hall–Kier alpha value is -1.46. The highest BCUT2D eigenvalue weighted by molar-refractivity contribution is 6.30. The van der Waals surface area contributed by atoms with E-state index >= 15 is 0 Å². The second kappa shape index (κ2) is 7.00. The number of aromatic hydroxyl groups is 1. The maximum Gasteiger partial charge on any atom is 0.222 e. The van der Waals surface area contributed by atoms with Crippen LogP contribution in [0.1, 0.15) is 25.3 Å². The van der Waals surface area contributed by atoms with Gasteiger partial charge in [0.15, 0.2) is 11.5 Å². The van der Waals surface area contributed by atoms with Gasteiger partial charge in [0.25, 0.3) is 0 Å². The SMILES string of the molecule is COc1cc(Cl)cc(CNC(C)CN2CCCC2=O)c1O. The molecule has 5 nitrogen and oxygen atoms in total. The molecule has 1 heterocycles. The molecule has 0 radical (unpaired) electrons. The molecule has 1 aromatic rings. The van der Waals surface area contributed by atoms with Crippen molar-refractivity contribution >= 4 is 17.5 Å². The van der Waals surface area contributed by atoms with E-state index < -0.39 is 0 Å². The van der Waals surface area contributed by atoms with Gasteiger partial charge in [-0.15, -0.1) is 0 Å². The lowest BCUT2D eigenvalue weighted by atomic mass is 10.1. The number of hydrogen-bond acceptors (Lipinski definition) is 4. The van der Waals surface area contributed by atoms with Gasteiger partial charge in [-0.1, -0.05) is 11.6 Å². The van der Waals surface area contributed by atoms with Crippen molar-refractivity contribution in [3.63, 3.8) is 0 Å². The van der Waals surface area contributed by atoms with Gasteiger partial charge in [0.05, 0.1) is 7.11 Å².